The van der Waals surface area contributed by atoms with Crippen molar-refractivity contribution in [3.8, 4) is 11.1 Å². The summed E-state index contributed by atoms with van der Waals surface area (Å²) in [5, 5.41) is 3.09. The fourth-order valence-electron chi connectivity index (χ4n) is 2.20. The zero-order valence-electron chi connectivity index (χ0n) is 12.4. The highest BCUT2D eigenvalue weighted by Crippen LogP contribution is 2.28. The molecule has 2 rings (SSSR count). The van der Waals surface area contributed by atoms with Crippen LogP contribution in [0.1, 0.15) is 17.3 Å². The molecule has 0 saturated heterocycles. The lowest BCUT2D eigenvalue weighted by molar-refractivity contribution is 0.101. The van der Waals surface area contributed by atoms with Crippen molar-refractivity contribution in [3.63, 3.8) is 0 Å². The molecule has 0 bridgehead atoms. The van der Waals surface area contributed by atoms with Gasteiger partial charge < -0.3 is 10.2 Å². The minimum absolute atomic E-state index is 0.0722. The Morgan fingerprint density at radius 1 is 1.05 bits per heavy atom. The molecule has 0 aliphatic heterocycles. The van der Waals surface area contributed by atoms with Gasteiger partial charge in [0, 0.05) is 38.1 Å². The second-order valence-electron chi connectivity index (χ2n) is 5.01. The number of hydrogen-bond acceptors (Lipinski definition) is 3. The van der Waals surface area contributed by atoms with Crippen molar-refractivity contribution in [1.82, 2.24) is 0 Å². The molecule has 2 aromatic rings. The van der Waals surface area contributed by atoms with Crippen molar-refractivity contribution >= 4 is 17.2 Å². The summed E-state index contributed by atoms with van der Waals surface area (Å²) in [7, 11) is 5.88. The number of rotatable bonds is 4. The number of nitrogens with zero attached hydrogens (tertiary/aromatic N) is 1. The van der Waals surface area contributed by atoms with Crippen LogP contribution in [0.15, 0.2) is 42.5 Å². The first-order chi connectivity index (χ1) is 9.52. The third-order valence-electron chi connectivity index (χ3n) is 3.36. The molecule has 0 amide bonds. The number of anilines is 2. The molecule has 0 spiro atoms. The molecule has 0 radical (unpaired) electrons. The van der Waals surface area contributed by atoms with Crippen LogP contribution < -0.4 is 10.2 Å². The van der Waals surface area contributed by atoms with Crippen molar-refractivity contribution in [2.45, 2.75) is 6.92 Å². The van der Waals surface area contributed by atoms with Gasteiger partial charge in [-0.05, 0) is 42.3 Å². The molecule has 0 aromatic heterocycles. The first kappa shape index (κ1) is 14.1. The quantitative estimate of drug-likeness (QED) is 0.859. The average Bonchev–Trinajstić information content (AvgIpc) is 2.46. The van der Waals surface area contributed by atoms with Crippen LogP contribution in [-0.2, 0) is 0 Å². The number of nitrogens with one attached hydrogen (secondary N) is 1. The lowest BCUT2D eigenvalue weighted by Crippen LogP contribution is -2.08. The molecule has 104 valence electrons. The predicted molar refractivity (Wildman–Crippen MR) is 85.8 cm³/mol. The first-order valence-corrected chi connectivity index (χ1v) is 6.63. The molecule has 0 fully saturated rings. The molecule has 3 nitrogen and oxygen atoms in total. The number of Topliss-reactive ketones (excluding diaryl/α,β-unsaturated/α-hetero) is 1. The maximum absolute atomic E-state index is 11.6. The standard InChI is InChI=1S/C17H20N2O/c1-12(20)16-9-8-14(11-17(16)18-2)13-6-5-7-15(10-13)19(3)4/h5-11,18H,1-4H3. The van der Waals surface area contributed by atoms with Gasteiger partial charge in [0.2, 0.25) is 0 Å². The fourth-order valence-corrected chi connectivity index (χ4v) is 2.20. The van der Waals surface area contributed by atoms with Gasteiger partial charge in [0.05, 0.1) is 0 Å². The smallest absolute Gasteiger partial charge is 0.161 e. The van der Waals surface area contributed by atoms with Gasteiger partial charge in [0.1, 0.15) is 0 Å². The number of carbonyl (C=O) groups is 1. The van der Waals surface area contributed by atoms with Crippen LogP contribution in [0.3, 0.4) is 0 Å². The Balaban J connectivity index is 2.48. The van der Waals surface area contributed by atoms with Crippen molar-refractivity contribution in [2.75, 3.05) is 31.4 Å². The van der Waals surface area contributed by atoms with Crippen molar-refractivity contribution in [3.05, 3.63) is 48.0 Å². The molecule has 0 aliphatic rings. The van der Waals surface area contributed by atoms with Gasteiger partial charge in [0.25, 0.3) is 0 Å². The highest BCUT2D eigenvalue weighted by molar-refractivity contribution is 6.00. The second kappa shape index (κ2) is 5.78. The van der Waals surface area contributed by atoms with Crippen molar-refractivity contribution in [2.24, 2.45) is 0 Å². The third kappa shape index (κ3) is 2.82. The molecule has 1 N–H and O–H groups in total. The Kier molecular flexibility index (Phi) is 4.08. The van der Waals surface area contributed by atoms with Crippen LogP contribution >= 0.6 is 0 Å². The average molecular weight is 268 g/mol. The number of carbonyl (C=O) groups excluding carboxylic acids is 1. The Labute approximate surface area is 120 Å². The van der Waals surface area contributed by atoms with Gasteiger partial charge in [-0.3, -0.25) is 4.79 Å². The largest absolute Gasteiger partial charge is 0.388 e. The van der Waals surface area contributed by atoms with Gasteiger partial charge in [0.15, 0.2) is 5.78 Å². The molecular formula is C17H20N2O. The van der Waals surface area contributed by atoms with E-state index in [2.05, 4.69) is 28.4 Å². The van der Waals surface area contributed by atoms with E-state index < -0.39 is 0 Å². The van der Waals surface area contributed by atoms with E-state index in [1.807, 2.05) is 45.4 Å². The minimum atomic E-state index is 0.0722. The summed E-state index contributed by atoms with van der Waals surface area (Å²) in [6.07, 6.45) is 0. The highest BCUT2D eigenvalue weighted by Gasteiger charge is 2.08. The Bertz CT molecular complexity index is 633. The summed E-state index contributed by atoms with van der Waals surface area (Å²) in [5.41, 5.74) is 4.99. The molecule has 0 heterocycles. The Hall–Kier alpha value is -2.29. The van der Waals surface area contributed by atoms with Gasteiger partial charge in [-0.2, -0.15) is 0 Å². The molecule has 0 atom stereocenters. The molecule has 0 saturated carbocycles. The zero-order chi connectivity index (χ0) is 14.7. The van der Waals surface area contributed by atoms with E-state index in [9.17, 15) is 4.79 Å². The Morgan fingerprint density at radius 3 is 2.35 bits per heavy atom. The number of hydrogen-bond donors (Lipinski definition) is 1. The van der Waals surface area contributed by atoms with Crippen LogP contribution in [0.4, 0.5) is 11.4 Å². The minimum Gasteiger partial charge on any atom is -0.388 e. The summed E-state index contributed by atoms with van der Waals surface area (Å²) < 4.78 is 0. The molecular weight excluding hydrogens is 248 g/mol. The highest BCUT2D eigenvalue weighted by atomic mass is 16.1. The number of ketones is 1. The first-order valence-electron chi connectivity index (χ1n) is 6.63. The molecule has 0 aliphatic carbocycles. The second-order valence-corrected chi connectivity index (χ2v) is 5.01. The summed E-state index contributed by atoms with van der Waals surface area (Å²) in [4.78, 5) is 13.6. The van der Waals surface area contributed by atoms with Gasteiger partial charge in [-0.15, -0.1) is 0 Å². The van der Waals surface area contributed by atoms with E-state index in [1.165, 1.54) is 0 Å². The van der Waals surface area contributed by atoms with E-state index in [0.717, 1.165) is 28.1 Å². The maximum atomic E-state index is 11.6. The molecule has 0 unspecified atom stereocenters. The summed E-state index contributed by atoms with van der Waals surface area (Å²) in [6.45, 7) is 1.59. The van der Waals surface area contributed by atoms with E-state index in [4.69, 9.17) is 0 Å². The molecule has 20 heavy (non-hydrogen) atoms. The number of benzene rings is 2. The SMILES string of the molecule is CNc1cc(-c2cccc(N(C)C)c2)ccc1C(C)=O. The van der Waals surface area contributed by atoms with E-state index in [1.54, 1.807) is 6.92 Å². The summed E-state index contributed by atoms with van der Waals surface area (Å²) >= 11 is 0. The Morgan fingerprint density at radius 2 is 1.75 bits per heavy atom. The maximum Gasteiger partial charge on any atom is 0.161 e. The summed E-state index contributed by atoms with van der Waals surface area (Å²) in [6, 6.07) is 14.2. The molecule has 2 aromatic carbocycles. The predicted octanol–water partition coefficient (Wildman–Crippen LogP) is 3.66. The summed E-state index contributed by atoms with van der Waals surface area (Å²) in [5.74, 6) is 0.0722. The normalized spacial score (nSPS) is 10.2. The van der Waals surface area contributed by atoms with Crippen LogP contribution in [0.25, 0.3) is 11.1 Å². The zero-order valence-corrected chi connectivity index (χ0v) is 12.4. The lowest BCUT2D eigenvalue weighted by Gasteiger charge is -2.14. The fraction of sp³-hybridized carbons (Fsp3) is 0.235. The van der Waals surface area contributed by atoms with Crippen LogP contribution in [-0.4, -0.2) is 26.9 Å². The monoisotopic (exact) mass is 268 g/mol. The van der Waals surface area contributed by atoms with E-state index >= 15 is 0 Å². The van der Waals surface area contributed by atoms with Crippen molar-refractivity contribution in [1.29, 1.82) is 0 Å². The third-order valence-corrected chi connectivity index (χ3v) is 3.36. The van der Waals surface area contributed by atoms with Crippen LogP contribution in [0.5, 0.6) is 0 Å². The van der Waals surface area contributed by atoms with Gasteiger partial charge >= 0.3 is 0 Å². The van der Waals surface area contributed by atoms with E-state index in [0.29, 0.717) is 0 Å². The van der Waals surface area contributed by atoms with Gasteiger partial charge in [-0.25, -0.2) is 0 Å². The topological polar surface area (TPSA) is 32.3 Å². The van der Waals surface area contributed by atoms with Crippen LogP contribution in [0.2, 0.25) is 0 Å². The van der Waals surface area contributed by atoms with E-state index in [-0.39, 0.29) is 5.78 Å². The molecule has 3 heteroatoms. The van der Waals surface area contributed by atoms with Crippen molar-refractivity contribution < 1.29 is 4.79 Å². The lowest BCUT2D eigenvalue weighted by atomic mass is 10.00. The van der Waals surface area contributed by atoms with Gasteiger partial charge in [-0.1, -0.05) is 18.2 Å². The van der Waals surface area contributed by atoms with Crippen LogP contribution in [0, 0.1) is 0 Å².